The molecule has 2 aliphatic rings. The van der Waals surface area contributed by atoms with Gasteiger partial charge in [-0.25, -0.2) is 13.2 Å². The Balaban J connectivity index is 1.48. The number of ether oxygens (including phenoxy) is 1. The van der Waals surface area contributed by atoms with Crippen molar-refractivity contribution in [3.05, 3.63) is 24.3 Å². The van der Waals surface area contributed by atoms with Gasteiger partial charge in [0.15, 0.2) is 9.84 Å². The highest BCUT2D eigenvalue weighted by Crippen LogP contribution is 2.34. The molecule has 7 heteroatoms. The van der Waals surface area contributed by atoms with Gasteiger partial charge in [-0.3, -0.25) is 0 Å². The Bertz CT molecular complexity index is 814. The summed E-state index contributed by atoms with van der Waals surface area (Å²) in [5.41, 5.74) is 0.655. The highest BCUT2D eigenvalue weighted by atomic mass is 32.2. The van der Waals surface area contributed by atoms with Crippen LogP contribution in [-0.2, 0) is 14.6 Å². The lowest BCUT2D eigenvalue weighted by Gasteiger charge is -2.41. The lowest BCUT2D eigenvalue weighted by Crippen LogP contribution is -2.44. The van der Waals surface area contributed by atoms with Crippen LogP contribution in [0.15, 0.2) is 29.2 Å². The Morgan fingerprint density at radius 3 is 1.93 bits per heavy atom. The molecule has 0 atom stereocenters. The highest BCUT2D eigenvalue weighted by molar-refractivity contribution is 7.91. The second-order valence-electron chi connectivity index (χ2n) is 9.53. The Morgan fingerprint density at radius 2 is 1.47 bits per heavy atom. The van der Waals surface area contributed by atoms with Crippen molar-refractivity contribution in [3.8, 4) is 0 Å². The minimum Gasteiger partial charge on any atom is -0.444 e. The van der Waals surface area contributed by atoms with Gasteiger partial charge in [0, 0.05) is 31.9 Å². The standard InChI is InChI=1S/C23H36N2O4S/c1-5-30(27,28)21-8-6-20(7-9-21)24-14-10-18(11-15-24)19-12-16-25(17-13-19)22(26)29-23(2,3)4/h6-9,18-19H,5,10-17H2,1-4H3. The van der Waals surface area contributed by atoms with Crippen LogP contribution in [0.3, 0.4) is 0 Å². The smallest absolute Gasteiger partial charge is 0.410 e. The molecular formula is C23H36N2O4S. The van der Waals surface area contributed by atoms with E-state index in [-0.39, 0.29) is 11.8 Å². The van der Waals surface area contributed by atoms with Crippen LogP contribution >= 0.6 is 0 Å². The van der Waals surface area contributed by atoms with Crippen LogP contribution in [-0.4, -0.2) is 56.9 Å². The molecule has 2 fully saturated rings. The molecule has 0 radical (unpaired) electrons. The van der Waals surface area contributed by atoms with Crippen LogP contribution in [0.5, 0.6) is 0 Å². The third-order valence-corrected chi connectivity index (χ3v) is 8.09. The summed E-state index contributed by atoms with van der Waals surface area (Å²) in [7, 11) is -3.15. The van der Waals surface area contributed by atoms with Crippen molar-refractivity contribution in [3.63, 3.8) is 0 Å². The molecule has 0 aromatic heterocycles. The number of carbonyl (C=O) groups excluding carboxylic acids is 1. The maximum atomic E-state index is 12.3. The number of rotatable bonds is 4. The van der Waals surface area contributed by atoms with Crippen LogP contribution in [0.1, 0.15) is 53.4 Å². The summed E-state index contributed by atoms with van der Waals surface area (Å²) >= 11 is 0. The first kappa shape index (κ1) is 22.9. The molecule has 0 spiro atoms. The summed E-state index contributed by atoms with van der Waals surface area (Å²) in [4.78, 5) is 16.9. The second kappa shape index (κ2) is 9.16. The van der Waals surface area contributed by atoms with Crippen molar-refractivity contribution < 1.29 is 17.9 Å². The summed E-state index contributed by atoms with van der Waals surface area (Å²) in [6.07, 6.45) is 4.20. The number of nitrogens with zero attached hydrogens (tertiary/aromatic N) is 2. The first-order valence-electron chi connectivity index (χ1n) is 11.1. The topological polar surface area (TPSA) is 66.9 Å². The molecule has 2 heterocycles. The zero-order valence-corrected chi connectivity index (χ0v) is 19.6. The lowest BCUT2D eigenvalue weighted by molar-refractivity contribution is 0.0152. The molecule has 1 aromatic carbocycles. The van der Waals surface area contributed by atoms with Gasteiger partial charge in [0.1, 0.15) is 5.60 Å². The van der Waals surface area contributed by atoms with Crippen molar-refractivity contribution >= 4 is 21.6 Å². The molecule has 168 valence electrons. The fourth-order valence-electron chi connectivity index (χ4n) is 4.54. The van der Waals surface area contributed by atoms with E-state index in [9.17, 15) is 13.2 Å². The van der Waals surface area contributed by atoms with Gasteiger partial charge in [-0.05, 0) is 82.6 Å². The van der Waals surface area contributed by atoms with Crippen molar-refractivity contribution in [2.45, 2.75) is 63.9 Å². The molecule has 30 heavy (non-hydrogen) atoms. The number of benzene rings is 1. The van der Waals surface area contributed by atoms with E-state index in [1.54, 1.807) is 19.1 Å². The third-order valence-electron chi connectivity index (χ3n) is 6.34. The lowest BCUT2D eigenvalue weighted by atomic mass is 9.79. The quantitative estimate of drug-likeness (QED) is 0.702. The van der Waals surface area contributed by atoms with E-state index < -0.39 is 15.4 Å². The number of amides is 1. The largest absolute Gasteiger partial charge is 0.444 e. The van der Waals surface area contributed by atoms with E-state index in [1.165, 1.54) is 0 Å². The van der Waals surface area contributed by atoms with Crippen LogP contribution in [0.25, 0.3) is 0 Å². The normalized spacial score (nSPS) is 19.7. The monoisotopic (exact) mass is 436 g/mol. The van der Waals surface area contributed by atoms with Gasteiger partial charge in [-0.15, -0.1) is 0 Å². The summed E-state index contributed by atoms with van der Waals surface area (Å²) < 4.78 is 29.5. The molecule has 6 nitrogen and oxygen atoms in total. The molecule has 3 rings (SSSR count). The zero-order chi connectivity index (χ0) is 21.9. The van der Waals surface area contributed by atoms with E-state index in [2.05, 4.69) is 4.90 Å². The van der Waals surface area contributed by atoms with Crippen LogP contribution in [0, 0.1) is 11.8 Å². The van der Waals surface area contributed by atoms with Crippen molar-refractivity contribution in [2.75, 3.05) is 36.8 Å². The van der Waals surface area contributed by atoms with Crippen molar-refractivity contribution in [1.82, 2.24) is 4.90 Å². The molecule has 0 saturated carbocycles. The van der Waals surface area contributed by atoms with Crippen molar-refractivity contribution in [1.29, 1.82) is 0 Å². The maximum absolute atomic E-state index is 12.3. The summed E-state index contributed by atoms with van der Waals surface area (Å²) in [5.74, 6) is 1.49. The van der Waals surface area contributed by atoms with Gasteiger partial charge in [0.05, 0.1) is 10.6 Å². The number of piperidine rings is 2. The maximum Gasteiger partial charge on any atom is 0.410 e. The van der Waals surface area contributed by atoms with Gasteiger partial charge in [0.2, 0.25) is 0 Å². The first-order valence-corrected chi connectivity index (χ1v) is 12.8. The third kappa shape index (κ3) is 5.68. The Labute approximate surface area is 181 Å². The number of anilines is 1. The first-order chi connectivity index (χ1) is 14.1. The Hall–Kier alpha value is -1.76. The van der Waals surface area contributed by atoms with E-state index in [0.717, 1.165) is 57.5 Å². The van der Waals surface area contributed by atoms with E-state index in [1.807, 2.05) is 37.8 Å². The minimum atomic E-state index is -3.15. The Kier molecular flexibility index (Phi) is 7.00. The average molecular weight is 437 g/mol. The van der Waals surface area contributed by atoms with E-state index in [0.29, 0.717) is 16.7 Å². The van der Waals surface area contributed by atoms with Gasteiger partial charge >= 0.3 is 6.09 Å². The average Bonchev–Trinajstić information content (AvgIpc) is 2.73. The van der Waals surface area contributed by atoms with Crippen molar-refractivity contribution in [2.24, 2.45) is 11.8 Å². The fraction of sp³-hybridized carbons (Fsp3) is 0.696. The molecule has 0 bridgehead atoms. The van der Waals surface area contributed by atoms with E-state index >= 15 is 0 Å². The molecule has 0 N–H and O–H groups in total. The summed E-state index contributed by atoms with van der Waals surface area (Å²) in [6.45, 7) is 10.9. The molecular weight excluding hydrogens is 400 g/mol. The molecule has 2 saturated heterocycles. The van der Waals surface area contributed by atoms with Gasteiger partial charge in [0.25, 0.3) is 0 Å². The molecule has 1 amide bonds. The van der Waals surface area contributed by atoms with Crippen LogP contribution < -0.4 is 4.90 Å². The molecule has 2 aliphatic heterocycles. The molecule has 0 aliphatic carbocycles. The SMILES string of the molecule is CCS(=O)(=O)c1ccc(N2CCC(C3CCN(C(=O)OC(C)(C)C)CC3)CC2)cc1. The van der Waals surface area contributed by atoms with Crippen LogP contribution in [0.2, 0.25) is 0 Å². The fourth-order valence-corrected chi connectivity index (χ4v) is 5.42. The number of carbonyl (C=O) groups is 1. The molecule has 0 unspecified atom stereocenters. The van der Waals surface area contributed by atoms with Crippen LogP contribution in [0.4, 0.5) is 10.5 Å². The molecule has 1 aromatic rings. The van der Waals surface area contributed by atoms with E-state index in [4.69, 9.17) is 4.74 Å². The number of sulfone groups is 1. The summed E-state index contributed by atoms with van der Waals surface area (Å²) in [5, 5.41) is 0. The van der Waals surface area contributed by atoms with Gasteiger partial charge in [-0.2, -0.15) is 0 Å². The predicted molar refractivity (Wildman–Crippen MR) is 120 cm³/mol. The predicted octanol–water partition coefficient (Wildman–Crippen LogP) is 4.34. The van der Waals surface area contributed by atoms with Gasteiger partial charge < -0.3 is 14.5 Å². The Morgan fingerprint density at radius 1 is 0.967 bits per heavy atom. The number of likely N-dealkylation sites (tertiary alicyclic amines) is 1. The second-order valence-corrected chi connectivity index (χ2v) is 11.8. The zero-order valence-electron chi connectivity index (χ0n) is 18.8. The number of hydrogen-bond donors (Lipinski definition) is 0. The minimum absolute atomic E-state index is 0.129. The van der Waals surface area contributed by atoms with Gasteiger partial charge in [-0.1, -0.05) is 6.92 Å². The highest BCUT2D eigenvalue weighted by Gasteiger charge is 2.32. The summed E-state index contributed by atoms with van der Waals surface area (Å²) in [6, 6.07) is 7.32. The number of hydrogen-bond acceptors (Lipinski definition) is 5.